The van der Waals surface area contributed by atoms with Gasteiger partial charge < -0.3 is 10.2 Å². The van der Waals surface area contributed by atoms with Crippen LogP contribution < -0.4 is 5.32 Å². The van der Waals surface area contributed by atoms with Crippen molar-refractivity contribution in [2.24, 2.45) is 0 Å². The number of halogens is 1. The molecule has 16 heavy (non-hydrogen) atoms. The highest BCUT2D eigenvalue weighted by Crippen LogP contribution is 2.09. The van der Waals surface area contributed by atoms with Crippen LogP contribution in [0.3, 0.4) is 0 Å². The zero-order valence-electron chi connectivity index (χ0n) is 9.67. The second-order valence-corrected chi connectivity index (χ2v) is 4.75. The number of hydrogen-bond acceptors (Lipinski definition) is 2. The average Bonchev–Trinajstić information content (AvgIpc) is 2.29. The van der Waals surface area contributed by atoms with Crippen molar-refractivity contribution in [1.29, 1.82) is 0 Å². The number of carbonyl (C=O) groups is 2. The Balaban J connectivity index is 2.17. The molecule has 0 spiro atoms. The molecule has 0 radical (unpaired) electrons. The van der Waals surface area contributed by atoms with E-state index in [1.165, 1.54) is 6.42 Å². The predicted octanol–water partition coefficient (Wildman–Crippen LogP) is 1.13. The van der Waals surface area contributed by atoms with Crippen molar-refractivity contribution in [2.75, 3.05) is 19.6 Å². The van der Waals surface area contributed by atoms with E-state index in [0.717, 1.165) is 25.9 Å². The molecule has 1 fully saturated rings. The van der Waals surface area contributed by atoms with Gasteiger partial charge in [-0.15, -0.1) is 11.6 Å². The highest BCUT2D eigenvalue weighted by molar-refractivity contribution is 6.30. The first-order valence-electron chi connectivity index (χ1n) is 5.81. The second kappa shape index (κ2) is 6.74. The zero-order valence-corrected chi connectivity index (χ0v) is 10.4. The lowest BCUT2D eigenvalue weighted by atomic mass is 10.1. The van der Waals surface area contributed by atoms with Crippen LogP contribution >= 0.6 is 11.6 Å². The quantitative estimate of drug-likeness (QED) is 0.756. The fourth-order valence-electron chi connectivity index (χ4n) is 1.73. The molecule has 0 aromatic carbocycles. The monoisotopic (exact) mass is 246 g/mol. The minimum absolute atomic E-state index is 0.127. The number of piperidine rings is 1. The molecule has 0 saturated carbocycles. The molecule has 1 saturated heterocycles. The summed E-state index contributed by atoms with van der Waals surface area (Å²) in [5.74, 6) is -0.0877. The van der Waals surface area contributed by atoms with Crippen LogP contribution in [0.25, 0.3) is 0 Å². The molecule has 0 aliphatic carbocycles. The number of alkyl halides is 1. The lowest BCUT2D eigenvalue weighted by molar-refractivity contribution is -0.132. The first-order valence-corrected chi connectivity index (χ1v) is 6.24. The van der Waals surface area contributed by atoms with Crippen LogP contribution in [0.5, 0.6) is 0 Å². The summed E-state index contributed by atoms with van der Waals surface area (Å²) in [5.41, 5.74) is 0. The van der Waals surface area contributed by atoms with E-state index in [1.54, 1.807) is 6.92 Å². The third-order valence-electron chi connectivity index (χ3n) is 2.71. The van der Waals surface area contributed by atoms with Crippen molar-refractivity contribution < 1.29 is 9.59 Å². The van der Waals surface area contributed by atoms with E-state index in [0.29, 0.717) is 13.0 Å². The van der Waals surface area contributed by atoms with Crippen LogP contribution in [-0.4, -0.2) is 41.7 Å². The summed E-state index contributed by atoms with van der Waals surface area (Å²) in [4.78, 5) is 24.7. The van der Waals surface area contributed by atoms with E-state index in [1.807, 2.05) is 4.90 Å². The van der Waals surface area contributed by atoms with E-state index in [4.69, 9.17) is 11.6 Å². The highest BCUT2D eigenvalue weighted by atomic mass is 35.5. The van der Waals surface area contributed by atoms with E-state index in [-0.39, 0.29) is 11.8 Å². The largest absolute Gasteiger partial charge is 0.354 e. The normalized spacial score (nSPS) is 18.0. The van der Waals surface area contributed by atoms with E-state index < -0.39 is 5.38 Å². The van der Waals surface area contributed by atoms with Crippen LogP contribution in [0.15, 0.2) is 0 Å². The maximum Gasteiger partial charge on any atom is 0.237 e. The van der Waals surface area contributed by atoms with Gasteiger partial charge >= 0.3 is 0 Å². The molecule has 5 heteroatoms. The summed E-state index contributed by atoms with van der Waals surface area (Å²) in [5, 5.41) is 2.10. The van der Waals surface area contributed by atoms with E-state index in [9.17, 15) is 9.59 Å². The molecule has 1 aliphatic heterocycles. The summed E-state index contributed by atoms with van der Waals surface area (Å²) < 4.78 is 0. The van der Waals surface area contributed by atoms with E-state index in [2.05, 4.69) is 5.32 Å². The highest BCUT2D eigenvalue weighted by Gasteiger charge is 2.16. The van der Waals surface area contributed by atoms with Crippen molar-refractivity contribution in [3.63, 3.8) is 0 Å². The molecule has 1 atom stereocenters. The smallest absolute Gasteiger partial charge is 0.237 e. The van der Waals surface area contributed by atoms with Crippen molar-refractivity contribution in [1.82, 2.24) is 10.2 Å². The van der Waals surface area contributed by atoms with Crippen LogP contribution in [-0.2, 0) is 9.59 Å². The minimum Gasteiger partial charge on any atom is -0.354 e. The molecule has 1 N–H and O–H groups in total. The van der Waals surface area contributed by atoms with Gasteiger partial charge in [0.15, 0.2) is 0 Å². The van der Waals surface area contributed by atoms with Gasteiger partial charge in [0.25, 0.3) is 0 Å². The Morgan fingerprint density at radius 2 is 1.94 bits per heavy atom. The molecule has 1 unspecified atom stereocenters. The molecule has 1 heterocycles. The summed E-state index contributed by atoms with van der Waals surface area (Å²) in [7, 11) is 0. The maximum atomic E-state index is 11.7. The number of nitrogens with zero attached hydrogens (tertiary/aromatic N) is 1. The number of nitrogens with one attached hydrogen (secondary N) is 1. The van der Waals surface area contributed by atoms with Crippen LogP contribution in [0, 0.1) is 0 Å². The molecule has 0 bridgehead atoms. The molecule has 4 nitrogen and oxygen atoms in total. The summed E-state index contributed by atoms with van der Waals surface area (Å²) in [6.45, 7) is 3.71. The fourth-order valence-corrected chi connectivity index (χ4v) is 1.81. The molecule has 0 aromatic rings. The number of amides is 2. The fraction of sp³-hybridized carbons (Fsp3) is 0.818. The molecule has 2 amide bonds. The summed E-state index contributed by atoms with van der Waals surface area (Å²) >= 11 is 5.58. The lowest BCUT2D eigenvalue weighted by Gasteiger charge is -2.26. The van der Waals surface area contributed by atoms with Crippen LogP contribution in [0.4, 0.5) is 0 Å². The van der Waals surface area contributed by atoms with Gasteiger partial charge in [-0.05, 0) is 26.2 Å². The predicted molar refractivity (Wildman–Crippen MR) is 63.4 cm³/mol. The van der Waals surface area contributed by atoms with Gasteiger partial charge in [0.2, 0.25) is 11.8 Å². The van der Waals surface area contributed by atoms with Crippen molar-refractivity contribution >= 4 is 23.4 Å². The Bertz CT molecular complexity index is 250. The summed E-state index contributed by atoms with van der Waals surface area (Å²) in [6, 6.07) is 0. The van der Waals surface area contributed by atoms with Gasteiger partial charge in [0.05, 0.1) is 0 Å². The van der Waals surface area contributed by atoms with Crippen LogP contribution in [0.1, 0.15) is 32.6 Å². The number of rotatable bonds is 4. The first-order chi connectivity index (χ1) is 7.61. The minimum atomic E-state index is -0.537. The Morgan fingerprint density at radius 3 is 2.50 bits per heavy atom. The van der Waals surface area contributed by atoms with Gasteiger partial charge in [-0.3, -0.25) is 9.59 Å². The van der Waals surface area contributed by atoms with Gasteiger partial charge in [0.1, 0.15) is 5.38 Å². The van der Waals surface area contributed by atoms with Gasteiger partial charge in [-0.2, -0.15) is 0 Å². The Kier molecular flexibility index (Phi) is 5.60. The van der Waals surface area contributed by atoms with Gasteiger partial charge in [-0.25, -0.2) is 0 Å². The third-order valence-corrected chi connectivity index (χ3v) is 2.91. The average molecular weight is 247 g/mol. The number of hydrogen-bond donors (Lipinski definition) is 1. The first kappa shape index (κ1) is 13.3. The van der Waals surface area contributed by atoms with E-state index >= 15 is 0 Å². The molecule has 0 aromatic heterocycles. The van der Waals surface area contributed by atoms with Gasteiger partial charge in [0, 0.05) is 26.1 Å². The molecule has 1 aliphatic rings. The standard InChI is InChI=1S/C11H19ClN2O2/c1-9(12)11(16)13-6-5-10(15)14-7-3-2-4-8-14/h9H,2-8H2,1H3,(H,13,16). The number of carbonyl (C=O) groups excluding carboxylic acids is 2. The van der Waals surface area contributed by atoms with Crippen LogP contribution in [0.2, 0.25) is 0 Å². The molecular formula is C11H19ClN2O2. The third kappa shape index (κ3) is 4.39. The molecular weight excluding hydrogens is 228 g/mol. The topological polar surface area (TPSA) is 49.4 Å². The molecule has 92 valence electrons. The van der Waals surface area contributed by atoms with Crippen molar-refractivity contribution in [2.45, 2.75) is 38.0 Å². The van der Waals surface area contributed by atoms with Gasteiger partial charge in [-0.1, -0.05) is 0 Å². The Morgan fingerprint density at radius 1 is 1.31 bits per heavy atom. The number of likely N-dealkylation sites (tertiary alicyclic amines) is 1. The SMILES string of the molecule is CC(Cl)C(=O)NCCC(=O)N1CCCCC1. The maximum absolute atomic E-state index is 11.7. The van der Waals surface area contributed by atoms with Crippen molar-refractivity contribution in [3.8, 4) is 0 Å². The second-order valence-electron chi connectivity index (χ2n) is 4.10. The lowest BCUT2D eigenvalue weighted by Crippen LogP contribution is -2.38. The summed E-state index contributed by atoms with van der Waals surface area (Å²) in [6.07, 6.45) is 3.77. The van der Waals surface area contributed by atoms with Crippen molar-refractivity contribution in [3.05, 3.63) is 0 Å². The zero-order chi connectivity index (χ0) is 12.0. The Labute approximate surface area is 101 Å². The Hall–Kier alpha value is -0.770. The molecule has 1 rings (SSSR count).